The molecule has 16 nitrogen and oxygen atoms in total. The molecule has 0 aromatic heterocycles. The van der Waals surface area contributed by atoms with Crippen LogP contribution in [-0.4, -0.2) is 154 Å². The summed E-state index contributed by atoms with van der Waals surface area (Å²) in [6.07, 6.45) is -11.7. The summed E-state index contributed by atoms with van der Waals surface area (Å²) in [4.78, 5) is 89.4. The fourth-order valence-electron chi connectivity index (χ4n) is 4.89. The standard InChI is InChI=1S/C14H20F6O4.C13H20F4O4.2C12H18F4O4/c1-4-12(2,3)10(21)23-5-6-24-11(22)14(19,20)8-13(17,18)7-9(15)16;1-5-11(2,3)9(18)20-6-7-21-10(19)13(16,17)8-12(4,14)15;2*1-4-8(2)9(17)19-5-6-20-10(18)12(15,16)7-11(3,13)14/h9H,4-8H2,1-3H3;5-8H2,1-4H3;2*8H,4-7H2,1-3H3. The molecule has 0 heterocycles. The van der Waals surface area contributed by atoms with Gasteiger partial charge in [0.25, 0.3) is 23.7 Å². The van der Waals surface area contributed by atoms with E-state index in [9.17, 15) is 117 Å². The van der Waals surface area contributed by atoms with Gasteiger partial charge >= 0.3 is 71.4 Å². The Labute approximate surface area is 479 Å². The molecule has 2 unspecified atom stereocenters. The van der Waals surface area contributed by atoms with E-state index in [-0.39, 0.29) is 32.6 Å². The van der Waals surface area contributed by atoms with Crippen molar-refractivity contribution in [1.29, 1.82) is 0 Å². The lowest BCUT2D eigenvalue weighted by atomic mass is 9.91. The lowest BCUT2D eigenvalue weighted by Gasteiger charge is -2.22. The number of carbonyl (C=O) groups excluding carboxylic acids is 8. The van der Waals surface area contributed by atoms with Crippen LogP contribution in [0.1, 0.15) is 148 Å². The summed E-state index contributed by atoms with van der Waals surface area (Å²) in [5.74, 6) is -44.4. The van der Waals surface area contributed by atoms with Crippen LogP contribution in [0.3, 0.4) is 0 Å². The van der Waals surface area contributed by atoms with Crippen molar-refractivity contribution >= 4 is 47.8 Å². The third-order valence-corrected chi connectivity index (χ3v) is 10.8. The van der Waals surface area contributed by atoms with Crippen LogP contribution in [0.5, 0.6) is 0 Å². The summed E-state index contributed by atoms with van der Waals surface area (Å²) in [6, 6.07) is 0. The van der Waals surface area contributed by atoms with Crippen LogP contribution in [0.15, 0.2) is 0 Å². The third-order valence-electron chi connectivity index (χ3n) is 10.8. The maximum absolute atomic E-state index is 13.3. The van der Waals surface area contributed by atoms with Gasteiger partial charge in [-0.15, -0.1) is 0 Å². The fraction of sp³-hybridized carbons (Fsp3) is 0.843. The molecule has 0 aromatic rings. The van der Waals surface area contributed by atoms with Crippen molar-refractivity contribution in [3.63, 3.8) is 0 Å². The Morgan fingerprint density at radius 3 is 0.718 bits per heavy atom. The Morgan fingerprint density at radius 2 is 0.529 bits per heavy atom. The topological polar surface area (TPSA) is 210 Å². The van der Waals surface area contributed by atoms with Crippen LogP contribution in [0.4, 0.5) is 79.0 Å². The zero-order valence-corrected chi connectivity index (χ0v) is 49.1. The van der Waals surface area contributed by atoms with Gasteiger partial charge in [-0.2, -0.15) is 35.1 Å². The number of carbonyl (C=O) groups is 8. The highest BCUT2D eigenvalue weighted by Gasteiger charge is 2.52. The number of alkyl halides is 18. The Kier molecular flexibility index (Phi) is 37.7. The minimum Gasteiger partial charge on any atom is -0.462 e. The third kappa shape index (κ3) is 41.3. The lowest BCUT2D eigenvalue weighted by Crippen LogP contribution is -2.39. The highest BCUT2D eigenvalue weighted by atomic mass is 19.3. The largest absolute Gasteiger partial charge is 0.462 e. The van der Waals surface area contributed by atoms with E-state index in [2.05, 4.69) is 28.4 Å². The van der Waals surface area contributed by atoms with Crippen molar-refractivity contribution in [2.24, 2.45) is 22.7 Å². The number of hydrogen-bond donors (Lipinski definition) is 0. The first-order chi connectivity index (χ1) is 38.0. The number of halogens is 18. The molecule has 0 amide bonds. The van der Waals surface area contributed by atoms with Crippen molar-refractivity contribution < 1.29 is 155 Å². The molecule has 0 saturated heterocycles. The van der Waals surface area contributed by atoms with Crippen molar-refractivity contribution in [2.75, 3.05) is 52.9 Å². The maximum Gasteiger partial charge on any atom is 0.377 e. The van der Waals surface area contributed by atoms with Crippen LogP contribution in [0.2, 0.25) is 0 Å². The summed E-state index contributed by atoms with van der Waals surface area (Å²) >= 11 is 0. The normalized spacial score (nSPS) is 13.4. The van der Waals surface area contributed by atoms with Gasteiger partial charge < -0.3 is 37.9 Å². The summed E-state index contributed by atoms with van der Waals surface area (Å²) in [6.45, 7) is 13.2. The van der Waals surface area contributed by atoms with Gasteiger partial charge in [0.15, 0.2) is 0 Å². The Morgan fingerprint density at radius 1 is 0.329 bits per heavy atom. The Balaban J connectivity index is -0.000000516. The molecule has 502 valence electrons. The predicted octanol–water partition coefficient (Wildman–Crippen LogP) is 12.6. The van der Waals surface area contributed by atoms with Crippen LogP contribution in [0, 0.1) is 22.7 Å². The summed E-state index contributed by atoms with van der Waals surface area (Å²) in [7, 11) is 0. The molecular weight excluding hydrogens is 1210 g/mol. The number of hydrogen-bond acceptors (Lipinski definition) is 16. The van der Waals surface area contributed by atoms with Gasteiger partial charge in [-0.3, -0.25) is 19.2 Å². The minimum absolute atomic E-state index is 0.280. The Bertz CT molecular complexity index is 1990. The second kappa shape index (κ2) is 37.3. The molecule has 0 bridgehead atoms. The molecule has 0 aliphatic carbocycles. The van der Waals surface area contributed by atoms with Gasteiger partial charge in [-0.25, -0.2) is 63.1 Å². The fourth-order valence-corrected chi connectivity index (χ4v) is 4.89. The van der Waals surface area contributed by atoms with E-state index in [4.69, 9.17) is 9.47 Å². The van der Waals surface area contributed by atoms with E-state index < -0.39 is 197 Å². The molecule has 0 aliphatic heterocycles. The van der Waals surface area contributed by atoms with Crippen molar-refractivity contribution in [3.05, 3.63) is 0 Å². The van der Waals surface area contributed by atoms with E-state index in [0.717, 1.165) is 0 Å². The van der Waals surface area contributed by atoms with Gasteiger partial charge in [-0.1, -0.05) is 41.5 Å². The van der Waals surface area contributed by atoms with E-state index in [1.165, 1.54) is 0 Å². The number of rotatable bonds is 34. The quantitative estimate of drug-likeness (QED) is 0.0254. The molecule has 34 heteroatoms. The second-order valence-electron chi connectivity index (χ2n) is 20.4. The molecular formula is C51H76F18O16. The summed E-state index contributed by atoms with van der Waals surface area (Å²) < 4.78 is 264. The van der Waals surface area contributed by atoms with Crippen LogP contribution in [0.25, 0.3) is 0 Å². The molecule has 0 saturated carbocycles. The van der Waals surface area contributed by atoms with Gasteiger partial charge in [-0.05, 0) is 74.1 Å². The van der Waals surface area contributed by atoms with Gasteiger partial charge in [0.05, 0.1) is 54.8 Å². The molecule has 0 aliphatic rings. The van der Waals surface area contributed by atoms with Crippen LogP contribution >= 0.6 is 0 Å². The lowest BCUT2D eigenvalue weighted by molar-refractivity contribution is -0.189. The Hall–Kier alpha value is -5.50. The van der Waals surface area contributed by atoms with Crippen LogP contribution in [-0.2, 0) is 76.3 Å². The van der Waals surface area contributed by atoms with E-state index in [1.807, 2.05) is 0 Å². The van der Waals surface area contributed by atoms with E-state index >= 15 is 0 Å². The molecule has 0 fully saturated rings. The highest BCUT2D eigenvalue weighted by Crippen LogP contribution is 2.37. The van der Waals surface area contributed by atoms with Gasteiger partial charge in [0, 0.05) is 0 Å². The van der Waals surface area contributed by atoms with E-state index in [1.54, 1.807) is 69.2 Å². The molecule has 0 aromatic carbocycles. The summed E-state index contributed by atoms with van der Waals surface area (Å²) in [5.41, 5.74) is -1.55. The van der Waals surface area contributed by atoms with Crippen molar-refractivity contribution in [3.8, 4) is 0 Å². The molecule has 2 atom stereocenters. The predicted molar refractivity (Wildman–Crippen MR) is 260 cm³/mol. The van der Waals surface area contributed by atoms with Gasteiger partial charge in [0.2, 0.25) is 6.43 Å². The summed E-state index contributed by atoms with van der Waals surface area (Å²) in [5, 5.41) is 0. The SMILES string of the molecule is CCC(C)(C)C(=O)OCCOC(=O)C(F)(F)CC(C)(F)F.CCC(C)(C)C(=O)OCCOC(=O)C(F)(F)CC(F)(F)CC(F)F.CCC(C)C(=O)OCCOC(=O)C(F)(F)CC(C)(F)F.CCC(C)C(=O)OCCOC(=O)C(F)(F)CC(C)(F)F. The minimum atomic E-state index is -4.63. The van der Waals surface area contributed by atoms with Crippen molar-refractivity contribution in [2.45, 2.75) is 202 Å². The molecule has 85 heavy (non-hydrogen) atoms. The van der Waals surface area contributed by atoms with E-state index in [0.29, 0.717) is 25.7 Å². The molecule has 0 rings (SSSR count). The molecule has 0 radical (unpaired) electrons. The average molecular weight is 1290 g/mol. The monoisotopic (exact) mass is 1290 g/mol. The maximum atomic E-state index is 13.3. The second-order valence-corrected chi connectivity index (χ2v) is 20.4. The number of esters is 8. The highest BCUT2D eigenvalue weighted by molar-refractivity contribution is 5.80. The zero-order chi connectivity index (χ0) is 68.0. The first-order valence-corrected chi connectivity index (χ1v) is 25.7. The first kappa shape index (κ1) is 85.9. The first-order valence-electron chi connectivity index (χ1n) is 25.7. The molecule has 0 N–H and O–H groups in total. The van der Waals surface area contributed by atoms with Crippen molar-refractivity contribution in [1.82, 2.24) is 0 Å². The molecule has 0 spiro atoms. The number of ether oxygens (including phenoxy) is 8. The smallest absolute Gasteiger partial charge is 0.377 e. The average Bonchev–Trinajstić information content (AvgIpc) is 3.38. The zero-order valence-electron chi connectivity index (χ0n) is 49.1. The van der Waals surface area contributed by atoms with Gasteiger partial charge in [0.1, 0.15) is 52.9 Å². The van der Waals surface area contributed by atoms with Crippen LogP contribution < -0.4 is 0 Å².